The molecular formula is C17H24N4O. The van der Waals surface area contributed by atoms with E-state index in [-0.39, 0.29) is 5.75 Å². The van der Waals surface area contributed by atoms with Crippen molar-refractivity contribution >= 4 is 6.08 Å². The number of phenolic OH excluding ortho intramolecular Hbond substituents is 1. The Bertz CT molecular complexity index is 610. The Hall–Kier alpha value is -2.14. The van der Waals surface area contributed by atoms with Gasteiger partial charge in [-0.3, -0.25) is 4.90 Å². The van der Waals surface area contributed by atoms with Crippen molar-refractivity contribution < 1.29 is 5.11 Å². The molecule has 4 N–H and O–H groups in total. The van der Waals surface area contributed by atoms with E-state index < -0.39 is 0 Å². The molecule has 0 saturated carbocycles. The number of hydrogen-bond donors (Lipinski definition) is 3. The van der Waals surface area contributed by atoms with Gasteiger partial charge in [0.15, 0.2) is 0 Å². The fraction of sp³-hybridized carbons (Fsp3) is 0.412. The smallest absolute Gasteiger partial charge is 0.122 e. The lowest BCUT2D eigenvalue weighted by molar-refractivity contribution is 0.0721. The summed E-state index contributed by atoms with van der Waals surface area (Å²) in [6.07, 6.45) is 3.92. The molecule has 1 aromatic rings. The number of fused-ring (bicyclic) bond motifs is 1. The van der Waals surface area contributed by atoms with Crippen LogP contribution in [0.25, 0.3) is 6.08 Å². The molecule has 2 unspecified atom stereocenters. The van der Waals surface area contributed by atoms with Crippen LogP contribution in [0.2, 0.25) is 0 Å². The maximum atomic E-state index is 9.88. The van der Waals surface area contributed by atoms with Crippen LogP contribution in [0.4, 0.5) is 0 Å². The van der Waals surface area contributed by atoms with Gasteiger partial charge in [-0.15, -0.1) is 0 Å². The first-order chi connectivity index (χ1) is 10.6. The summed E-state index contributed by atoms with van der Waals surface area (Å²) in [6, 6.07) is 8.24. The highest BCUT2D eigenvalue weighted by molar-refractivity contribution is 5.59. The number of para-hydroxylation sites is 1. The van der Waals surface area contributed by atoms with Crippen LogP contribution in [0.3, 0.4) is 0 Å². The quantitative estimate of drug-likeness (QED) is 0.764. The first kappa shape index (κ1) is 14.8. The summed E-state index contributed by atoms with van der Waals surface area (Å²) in [5, 5.41) is 13.2. The predicted octanol–water partition coefficient (Wildman–Crippen LogP) is 1.14. The Kier molecular flexibility index (Phi) is 3.98. The lowest BCUT2D eigenvalue weighted by atomic mass is 10.0. The van der Waals surface area contributed by atoms with Gasteiger partial charge in [-0.2, -0.15) is 0 Å². The van der Waals surface area contributed by atoms with Crippen LogP contribution in [0.5, 0.6) is 5.75 Å². The molecule has 1 fully saturated rings. The Balaban J connectivity index is 1.86. The number of nitrogens with two attached hydrogens (primary N) is 1. The molecule has 0 bridgehead atoms. The molecule has 2 aliphatic heterocycles. The summed E-state index contributed by atoms with van der Waals surface area (Å²) in [4.78, 5) is 4.77. The third-order valence-corrected chi connectivity index (χ3v) is 4.62. The summed E-state index contributed by atoms with van der Waals surface area (Å²) in [7, 11) is 2.17. The third kappa shape index (κ3) is 2.76. The van der Waals surface area contributed by atoms with E-state index in [1.165, 1.54) is 0 Å². The van der Waals surface area contributed by atoms with E-state index in [1.54, 1.807) is 6.07 Å². The molecule has 1 aromatic carbocycles. The molecule has 0 aliphatic carbocycles. The van der Waals surface area contributed by atoms with Gasteiger partial charge in [-0.1, -0.05) is 18.2 Å². The minimum Gasteiger partial charge on any atom is -0.507 e. The van der Waals surface area contributed by atoms with Crippen LogP contribution in [-0.2, 0) is 0 Å². The molecule has 0 amide bonds. The zero-order chi connectivity index (χ0) is 15.7. The first-order valence-electron chi connectivity index (χ1n) is 7.73. The van der Waals surface area contributed by atoms with Crippen molar-refractivity contribution in [2.45, 2.75) is 19.0 Å². The number of hydrogen-bond acceptors (Lipinski definition) is 5. The fourth-order valence-corrected chi connectivity index (χ4v) is 3.11. The fourth-order valence-electron chi connectivity index (χ4n) is 3.11. The molecule has 5 heteroatoms. The lowest BCUT2D eigenvalue weighted by Gasteiger charge is -2.48. The van der Waals surface area contributed by atoms with Gasteiger partial charge in [-0.05, 0) is 32.2 Å². The highest BCUT2D eigenvalue weighted by atomic mass is 16.3. The number of nitrogens with zero attached hydrogens (tertiary/aromatic N) is 2. The van der Waals surface area contributed by atoms with E-state index in [0.29, 0.717) is 17.9 Å². The number of rotatable bonds is 2. The van der Waals surface area contributed by atoms with Crippen molar-refractivity contribution in [2.75, 3.05) is 26.7 Å². The molecule has 0 spiro atoms. The summed E-state index contributed by atoms with van der Waals surface area (Å²) in [6.45, 7) is 5.09. The van der Waals surface area contributed by atoms with E-state index in [0.717, 1.165) is 30.9 Å². The van der Waals surface area contributed by atoms with Gasteiger partial charge in [0.1, 0.15) is 11.6 Å². The van der Waals surface area contributed by atoms with Crippen molar-refractivity contribution in [2.24, 2.45) is 5.73 Å². The minimum absolute atomic E-state index is 0.282. The molecular weight excluding hydrogens is 276 g/mol. The van der Waals surface area contributed by atoms with Gasteiger partial charge >= 0.3 is 0 Å². The average Bonchev–Trinajstić information content (AvgIpc) is 2.50. The monoisotopic (exact) mass is 300 g/mol. The lowest BCUT2D eigenvalue weighted by Crippen LogP contribution is -2.61. The number of aromatic hydroxyl groups is 1. The third-order valence-electron chi connectivity index (χ3n) is 4.62. The van der Waals surface area contributed by atoms with E-state index in [1.807, 2.05) is 30.4 Å². The molecule has 3 rings (SSSR count). The maximum absolute atomic E-state index is 9.88. The van der Waals surface area contributed by atoms with Gasteiger partial charge in [0.05, 0.1) is 11.7 Å². The Labute approximate surface area is 131 Å². The van der Waals surface area contributed by atoms with Gasteiger partial charge in [0.25, 0.3) is 0 Å². The van der Waals surface area contributed by atoms with Crippen molar-refractivity contribution in [3.63, 3.8) is 0 Å². The van der Waals surface area contributed by atoms with Gasteiger partial charge in [0, 0.05) is 31.2 Å². The van der Waals surface area contributed by atoms with E-state index in [9.17, 15) is 5.11 Å². The number of nitrogens with one attached hydrogen (secondary N) is 1. The van der Waals surface area contributed by atoms with E-state index in [2.05, 4.69) is 29.1 Å². The number of phenols is 1. The van der Waals surface area contributed by atoms with E-state index >= 15 is 0 Å². The molecule has 22 heavy (non-hydrogen) atoms. The van der Waals surface area contributed by atoms with Crippen LogP contribution in [-0.4, -0.2) is 53.7 Å². The Morgan fingerprint density at radius 3 is 2.82 bits per heavy atom. The zero-order valence-electron chi connectivity index (χ0n) is 13.2. The molecule has 2 atom stereocenters. The average molecular weight is 300 g/mol. The van der Waals surface area contributed by atoms with Crippen molar-refractivity contribution in [3.05, 3.63) is 47.4 Å². The molecule has 118 valence electrons. The maximum Gasteiger partial charge on any atom is 0.122 e. The molecule has 0 radical (unpaired) electrons. The SMILES string of the molecule is CC1CN2C(/C=C/c3ccccc3O)=C(N)NCC2CN1C. The van der Waals surface area contributed by atoms with Crippen molar-refractivity contribution in [1.29, 1.82) is 0 Å². The molecule has 5 nitrogen and oxygen atoms in total. The van der Waals surface area contributed by atoms with Gasteiger partial charge < -0.3 is 21.1 Å². The zero-order valence-corrected chi connectivity index (χ0v) is 13.2. The topological polar surface area (TPSA) is 64.8 Å². The predicted molar refractivity (Wildman–Crippen MR) is 88.9 cm³/mol. The summed E-state index contributed by atoms with van der Waals surface area (Å²) >= 11 is 0. The van der Waals surface area contributed by atoms with Gasteiger partial charge in [0.2, 0.25) is 0 Å². The van der Waals surface area contributed by atoms with Crippen molar-refractivity contribution in [3.8, 4) is 5.75 Å². The second-order valence-electron chi connectivity index (χ2n) is 6.17. The van der Waals surface area contributed by atoms with Crippen molar-refractivity contribution in [1.82, 2.24) is 15.1 Å². The van der Waals surface area contributed by atoms with Crippen LogP contribution in [0.1, 0.15) is 12.5 Å². The van der Waals surface area contributed by atoms with E-state index in [4.69, 9.17) is 5.73 Å². The highest BCUT2D eigenvalue weighted by Crippen LogP contribution is 2.25. The molecule has 0 aromatic heterocycles. The van der Waals surface area contributed by atoms with Crippen LogP contribution < -0.4 is 11.1 Å². The van der Waals surface area contributed by atoms with Crippen LogP contribution in [0.15, 0.2) is 41.9 Å². The number of likely N-dealkylation sites (N-methyl/N-ethyl adjacent to an activating group) is 1. The number of allylic oxidation sites excluding steroid dienone is 1. The molecule has 1 saturated heterocycles. The summed E-state index contributed by atoms with van der Waals surface area (Å²) in [5.41, 5.74) is 7.98. The molecule has 2 aliphatic rings. The largest absolute Gasteiger partial charge is 0.507 e. The normalized spacial score (nSPS) is 26.2. The van der Waals surface area contributed by atoms with Crippen LogP contribution in [0, 0.1) is 0 Å². The highest BCUT2D eigenvalue weighted by Gasteiger charge is 2.33. The Morgan fingerprint density at radius 1 is 1.27 bits per heavy atom. The second kappa shape index (κ2) is 5.93. The standard InChI is InChI=1S/C17H24N4O/c1-12-10-21-14(11-20(12)2)9-19-17(18)15(21)8-7-13-5-3-4-6-16(13)22/h3-8,12,14,19,22H,9-11,18H2,1-2H3/b8-7+. The number of piperazine rings is 1. The number of benzene rings is 1. The molecule has 2 heterocycles. The Morgan fingerprint density at radius 2 is 2.05 bits per heavy atom. The summed E-state index contributed by atoms with van der Waals surface area (Å²) in [5.74, 6) is 0.990. The van der Waals surface area contributed by atoms with Crippen LogP contribution >= 0.6 is 0 Å². The first-order valence-corrected chi connectivity index (χ1v) is 7.73. The second-order valence-corrected chi connectivity index (χ2v) is 6.17. The summed E-state index contributed by atoms with van der Waals surface area (Å²) < 4.78 is 0. The van der Waals surface area contributed by atoms with Gasteiger partial charge in [-0.25, -0.2) is 0 Å². The minimum atomic E-state index is 0.282.